The largest absolute Gasteiger partial charge is 0.370 e. The van der Waals surface area contributed by atoms with Crippen LogP contribution in [0, 0.1) is 5.92 Å². The third kappa shape index (κ3) is 3.08. The van der Waals surface area contributed by atoms with E-state index in [2.05, 4.69) is 9.62 Å². The highest BCUT2D eigenvalue weighted by Crippen LogP contribution is 2.30. The molecule has 0 radical (unpaired) electrons. The maximum Gasteiger partial charge on any atom is 0.242 e. The van der Waals surface area contributed by atoms with E-state index in [1.807, 2.05) is 12.1 Å². The Morgan fingerprint density at radius 3 is 2.84 bits per heavy atom. The monoisotopic (exact) mass is 283 g/mol. The molecule has 0 saturated carbocycles. The fourth-order valence-electron chi connectivity index (χ4n) is 2.58. The highest BCUT2D eigenvalue weighted by Gasteiger charge is 2.26. The predicted molar refractivity (Wildman–Crippen MR) is 76.7 cm³/mol. The van der Waals surface area contributed by atoms with Crippen LogP contribution in [0.3, 0.4) is 0 Å². The van der Waals surface area contributed by atoms with E-state index in [1.54, 1.807) is 12.1 Å². The molecule has 1 fully saturated rings. The molecule has 1 aliphatic rings. The summed E-state index contributed by atoms with van der Waals surface area (Å²) in [6.45, 7) is 2.46. The Morgan fingerprint density at radius 1 is 1.42 bits per heavy atom. The second-order valence-corrected chi connectivity index (χ2v) is 6.71. The standard InChI is InChI=1S/C13H21N3O2S/c1-15-19(17,18)13-5-3-2-4-12(13)16-9-7-11(10-16)6-8-14/h2-5,11,15H,6-10,14H2,1H3. The highest BCUT2D eigenvalue weighted by atomic mass is 32.2. The molecule has 1 heterocycles. The van der Waals surface area contributed by atoms with Crippen molar-refractivity contribution in [1.82, 2.24) is 4.72 Å². The van der Waals surface area contributed by atoms with Crippen LogP contribution in [0.5, 0.6) is 0 Å². The Bertz CT molecular complexity index is 530. The average molecular weight is 283 g/mol. The normalized spacial score (nSPS) is 19.9. The zero-order chi connectivity index (χ0) is 13.9. The van der Waals surface area contributed by atoms with Gasteiger partial charge in [0.2, 0.25) is 10.0 Å². The molecule has 5 nitrogen and oxygen atoms in total. The van der Waals surface area contributed by atoms with E-state index in [1.165, 1.54) is 7.05 Å². The van der Waals surface area contributed by atoms with Crippen molar-refractivity contribution in [2.75, 3.05) is 31.6 Å². The summed E-state index contributed by atoms with van der Waals surface area (Å²) in [4.78, 5) is 2.50. The van der Waals surface area contributed by atoms with Gasteiger partial charge in [-0.25, -0.2) is 13.1 Å². The lowest BCUT2D eigenvalue weighted by Gasteiger charge is -2.21. The minimum absolute atomic E-state index is 0.353. The van der Waals surface area contributed by atoms with Crippen LogP contribution in [0.15, 0.2) is 29.2 Å². The second-order valence-electron chi connectivity index (χ2n) is 4.85. The summed E-state index contributed by atoms with van der Waals surface area (Å²) in [5.41, 5.74) is 6.38. The molecule has 0 amide bonds. The van der Waals surface area contributed by atoms with E-state index in [9.17, 15) is 8.42 Å². The molecule has 1 atom stereocenters. The first-order chi connectivity index (χ1) is 9.08. The topological polar surface area (TPSA) is 75.4 Å². The van der Waals surface area contributed by atoms with Crippen LogP contribution in [0.2, 0.25) is 0 Å². The van der Waals surface area contributed by atoms with Crippen LogP contribution in [-0.2, 0) is 10.0 Å². The predicted octanol–water partition coefficient (Wildman–Crippen LogP) is 0.770. The third-order valence-corrected chi connectivity index (χ3v) is 5.09. The Labute approximate surface area is 114 Å². The van der Waals surface area contributed by atoms with Crippen molar-refractivity contribution >= 4 is 15.7 Å². The number of nitrogens with one attached hydrogen (secondary N) is 1. The number of hydrogen-bond acceptors (Lipinski definition) is 4. The summed E-state index contributed by atoms with van der Waals surface area (Å²) in [7, 11) is -1.97. The van der Waals surface area contributed by atoms with Crippen LogP contribution in [0.25, 0.3) is 0 Å². The fourth-order valence-corrected chi connectivity index (χ4v) is 3.53. The molecule has 0 bridgehead atoms. The van der Waals surface area contributed by atoms with Crippen LogP contribution in [0.4, 0.5) is 5.69 Å². The molecule has 106 valence electrons. The first kappa shape index (κ1) is 14.3. The van der Waals surface area contributed by atoms with E-state index < -0.39 is 10.0 Å². The Balaban J connectivity index is 2.27. The van der Waals surface area contributed by atoms with E-state index >= 15 is 0 Å². The van der Waals surface area contributed by atoms with Gasteiger partial charge in [0.15, 0.2) is 0 Å². The number of anilines is 1. The third-order valence-electron chi connectivity index (χ3n) is 3.62. The molecule has 2 rings (SSSR count). The van der Waals surface area contributed by atoms with Gasteiger partial charge in [-0.2, -0.15) is 0 Å². The molecule has 0 aromatic heterocycles. The molecular weight excluding hydrogens is 262 g/mol. The minimum atomic E-state index is -3.41. The molecule has 1 aromatic rings. The van der Waals surface area contributed by atoms with Crippen molar-refractivity contribution in [3.8, 4) is 0 Å². The van der Waals surface area contributed by atoms with E-state index in [-0.39, 0.29) is 0 Å². The number of nitrogens with two attached hydrogens (primary N) is 1. The molecule has 0 spiro atoms. The van der Waals surface area contributed by atoms with Crippen molar-refractivity contribution < 1.29 is 8.42 Å². The van der Waals surface area contributed by atoms with Crippen LogP contribution >= 0.6 is 0 Å². The Kier molecular flexibility index (Phi) is 4.44. The Morgan fingerprint density at radius 2 is 2.16 bits per heavy atom. The maximum absolute atomic E-state index is 12.0. The first-order valence-electron chi connectivity index (χ1n) is 6.56. The summed E-state index contributed by atoms with van der Waals surface area (Å²) < 4.78 is 26.4. The number of nitrogens with zero attached hydrogens (tertiary/aromatic N) is 1. The molecular formula is C13H21N3O2S. The molecule has 0 aliphatic carbocycles. The van der Waals surface area contributed by atoms with Gasteiger partial charge in [-0.1, -0.05) is 12.1 Å². The summed E-state index contributed by atoms with van der Waals surface area (Å²) in [5, 5.41) is 0. The van der Waals surface area contributed by atoms with Gasteiger partial charge in [0, 0.05) is 13.1 Å². The van der Waals surface area contributed by atoms with Gasteiger partial charge in [0.1, 0.15) is 4.90 Å². The van der Waals surface area contributed by atoms with Gasteiger partial charge < -0.3 is 10.6 Å². The molecule has 1 aromatic carbocycles. The summed E-state index contributed by atoms with van der Waals surface area (Å²) >= 11 is 0. The molecule has 3 N–H and O–H groups in total. The number of sulfonamides is 1. The van der Waals surface area contributed by atoms with Gasteiger partial charge in [-0.15, -0.1) is 0 Å². The average Bonchev–Trinajstić information content (AvgIpc) is 2.88. The smallest absolute Gasteiger partial charge is 0.242 e. The van der Waals surface area contributed by atoms with Crippen LogP contribution < -0.4 is 15.4 Å². The van der Waals surface area contributed by atoms with E-state index in [0.29, 0.717) is 17.4 Å². The fraction of sp³-hybridized carbons (Fsp3) is 0.538. The summed E-state index contributed by atoms with van der Waals surface area (Å²) in [6.07, 6.45) is 2.07. The summed E-state index contributed by atoms with van der Waals surface area (Å²) in [5.74, 6) is 0.565. The lowest BCUT2D eigenvalue weighted by molar-refractivity contribution is 0.546. The molecule has 1 unspecified atom stereocenters. The lowest BCUT2D eigenvalue weighted by atomic mass is 10.1. The van der Waals surface area contributed by atoms with Crippen LogP contribution in [-0.4, -0.2) is 35.1 Å². The number of rotatable bonds is 5. The number of hydrogen-bond donors (Lipinski definition) is 2. The molecule has 1 saturated heterocycles. The lowest BCUT2D eigenvalue weighted by Crippen LogP contribution is -2.26. The molecule has 6 heteroatoms. The van der Waals surface area contributed by atoms with E-state index in [4.69, 9.17) is 5.73 Å². The SMILES string of the molecule is CNS(=O)(=O)c1ccccc1N1CCC(CCN)C1. The van der Waals surface area contributed by atoms with Gasteiger partial charge in [0.25, 0.3) is 0 Å². The van der Waals surface area contributed by atoms with Crippen molar-refractivity contribution in [2.45, 2.75) is 17.7 Å². The van der Waals surface area contributed by atoms with Crippen molar-refractivity contribution in [1.29, 1.82) is 0 Å². The van der Waals surface area contributed by atoms with Crippen LogP contribution in [0.1, 0.15) is 12.8 Å². The quantitative estimate of drug-likeness (QED) is 0.837. The second kappa shape index (κ2) is 5.90. The molecule has 1 aliphatic heterocycles. The highest BCUT2D eigenvalue weighted by molar-refractivity contribution is 7.89. The van der Waals surface area contributed by atoms with E-state index in [0.717, 1.165) is 31.6 Å². The van der Waals surface area contributed by atoms with Gasteiger partial charge in [-0.05, 0) is 44.5 Å². The van der Waals surface area contributed by atoms with Gasteiger partial charge >= 0.3 is 0 Å². The van der Waals surface area contributed by atoms with Gasteiger partial charge in [-0.3, -0.25) is 0 Å². The molecule has 19 heavy (non-hydrogen) atoms. The van der Waals surface area contributed by atoms with Crippen molar-refractivity contribution in [3.63, 3.8) is 0 Å². The van der Waals surface area contributed by atoms with Gasteiger partial charge in [0.05, 0.1) is 5.69 Å². The zero-order valence-electron chi connectivity index (χ0n) is 11.2. The Hall–Kier alpha value is -1.11. The first-order valence-corrected chi connectivity index (χ1v) is 8.04. The summed E-state index contributed by atoms with van der Waals surface area (Å²) in [6, 6.07) is 7.15. The zero-order valence-corrected chi connectivity index (χ0v) is 12.0. The number of benzene rings is 1. The maximum atomic E-state index is 12.0. The van der Waals surface area contributed by atoms with Crippen molar-refractivity contribution in [3.05, 3.63) is 24.3 Å². The minimum Gasteiger partial charge on any atom is -0.370 e. The van der Waals surface area contributed by atoms with Crippen molar-refractivity contribution in [2.24, 2.45) is 11.7 Å². The number of para-hydroxylation sites is 1.